The number of carbonyl (C=O) groups excluding carboxylic acids is 1. The molecule has 1 N–H and O–H groups in total. The second-order valence-corrected chi connectivity index (χ2v) is 8.32. The Kier molecular flexibility index (Phi) is 6.13. The van der Waals surface area contributed by atoms with E-state index >= 15 is 0 Å². The third kappa shape index (κ3) is 4.99. The van der Waals surface area contributed by atoms with Gasteiger partial charge in [0.05, 0.1) is 6.54 Å². The fraction of sp³-hybridized carbons (Fsp3) is 0.375. The van der Waals surface area contributed by atoms with Crippen LogP contribution in [0, 0.1) is 26.6 Å². The van der Waals surface area contributed by atoms with Crippen LogP contribution in [0.4, 0.5) is 10.1 Å². The molecule has 0 spiro atoms. The first-order chi connectivity index (χ1) is 14.9. The normalized spacial score (nSPS) is 15.2. The lowest BCUT2D eigenvalue weighted by Crippen LogP contribution is -2.39. The molecule has 0 radical (unpaired) electrons. The summed E-state index contributed by atoms with van der Waals surface area (Å²) in [7, 11) is 0. The van der Waals surface area contributed by atoms with E-state index in [9.17, 15) is 9.18 Å². The fourth-order valence-electron chi connectivity index (χ4n) is 4.21. The molecule has 3 aromatic rings. The quantitative estimate of drug-likeness (QED) is 0.650. The van der Waals surface area contributed by atoms with Crippen molar-refractivity contribution in [2.24, 2.45) is 0 Å². The Morgan fingerprint density at radius 3 is 2.39 bits per heavy atom. The summed E-state index contributed by atoms with van der Waals surface area (Å²) in [4.78, 5) is 14.7. The number of likely N-dealkylation sites (tertiary alicyclic amines) is 1. The van der Waals surface area contributed by atoms with E-state index in [1.807, 2.05) is 13.8 Å². The maximum absolute atomic E-state index is 13.1. The minimum Gasteiger partial charge on any atom is -0.420 e. The highest BCUT2D eigenvalue weighted by Crippen LogP contribution is 2.29. The maximum Gasteiger partial charge on any atom is 0.247 e. The van der Waals surface area contributed by atoms with Crippen molar-refractivity contribution >= 4 is 11.6 Å². The molecule has 0 atom stereocenters. The van der Waals surface area contributed by atoms with Gasteiger partial charge in [0.1, 0.15) is 5.82 Å². The number of carbonyl (C=O) groups is 1. The highest BCUT2D eigenvalue weighted by Gasteiger charge is 2.26. The van der Waals surface area contributed by atoms with Gasteiger partial charge in [-0.3, -0.25) is 9.69 Å². The first-order valence-electron chi connectivity index (χ1n) is 10.6. The molecule has 162 valence electrons. The number of amides is 1. The molecular formula is C24H27FN4O2. The van der Waals surface area contributed by atoms with E-state index in [1.165, 1.54) is 17.7 Å². The van der Waals surface area contributed by atoms with Crippen molar-refractivity contribution in [2.75, 3.05) is 25.0 Å². The molecule has 0 saturated carbocycles. The molecule has 0 bridgehead atoms. The molecule has 1 fully saturated rings. The SMILES string of the molecule is Cc1cc(C)c(NC(=O)CN2CCC(c3nnc(-c4ccc(F)cc4)o3)CC2)c(C)c1. The number of benzene rings is 2. The molecule has 6 nitrogen and oxygen atoms in total. The number of hydrogen-bond donors (Lipinski definition) is 1. The van der Waals surface area contributed by atoms with Crippen LogP contribution in [0.2, 0.25) is 0 Å². The number of hydrogen-bond acceptors (Lipinski definition) is 5. The zero-order chi connectivity index (χ0) is 22.0. The smallest absolute Gasteiger partial charge is 0.247 e. The maximum atomic E-state index is 13.1. The molecule has 2 aromatic carbocycles. The molecule has 1 amide bonds. The highest BCUT2D eigenvalue weighted by molar-refractivity contribution is 5.93. The summed E-state index contributed by atoms with van der Waals surface area (Å²) in [5.74, 6) is 0.884. The Morgan fingerprint density at radius 1 is 1.10 bits per heavy atom. The van der Waals surface area contributed by atoms with E-state index in [4.69, 9.17) is 4.42 Å². The summed E-state index contributed by atoms with van der Waals surface area (Å²) >= 11 is 0. The molecule has 2 heterocycles. The van der Waals surface area contributed by atoms with E-state index in [-0.39, 0.29) is 17.6 Å². The molecule has 31 heavy (non-hydrogen) atoms. The van der Waals surface area contributed by atoms with Crippen molar-refractivity contribution in [2.45, 2.75) is 39.5 Å². The summed E-state index contributed by atoms with van der Waals surface area (Å²) in [5, 5.41) is 11.4. The zero-order valence-electron chi connectivity index (χ0n) is 18.1. The van der Waals surface area contributed by atoms with Gasteiger partial charge < -0.3 is 9.73 Å². The summed E-state index contributed by atoms with van der Waals surface area (Å²) in [6.07, 6.45) is 1.70. The topological polar surface area (TPSA) is 71.3 Å². The number of aromatic nitrogens is 2. The number of nitrogens with zero attached hydrogens (tertiary/aromatic N) is 3. The van der Waals surface area contributed by atoms with Crippen LogP contribution in [0.1, 0.15) is 41.3 Å². The number of piperidine rings is 1. The van der Waals surface area contributed by atoms with Crippen molar-refractivity contribution in [3.05, 3.63) is 64.8 Å². The minimum atomic E-state index is -0.299. The van der Waals surface area contributed by atoms with Gasteiger partial charge in [0.15, 0.2) is 0 Å². The Bertz CT molecular complexity index is 1050. The van der Waals surface area contributed by atoms with Gasteiger partial charge >= 0.3 is 0 Å². The molecule has 1 aromatic heterocycles. The minimum absolute atomic E-state index is 0.00453. The average molecular weight is 423 g/mol. The molecule has 1 saturated heterocycles. The monoisotopic (exact) mass is 422 g/mol. The van der Waals surface area contributed by atoms with Crippen LogP contribution in [-0.2, 0) is 4.79 Å². The van der Waals surface area contributed by atoms with E-state index < -0.39 is 0 Å². The summed E-state index contributed by atoms with van der Waals surface area (Å²) < 4.78 is 18.9. The number of anilines is 1. The van der Waals surface area contributed by atoms with Crippen LogP contribution in [0.3, 0.4) is 0 Å². The van der Waals surface area contributed by atoms with Gasteiger partial charge in [-0.05, 0) is 82.1 Å². The van der Waals surface area contributed by atoms with Gasteiger partial charge in [-0.15, -0.1) is 10.2 Å². The second kappa shape index (κ2) is 8.98. The highest BCUT2D eigenvalue weighted by atomic mass is 19.1. The van der Waals surface area contributed by atoms with Crippen molar-refractivity contribution in [3.8, 4) is 11.5 Å². The second-order valence-electron chi connectivity index (χ2n) is 8.32. The first kappa shape index (κ1) is 21.2. The van der Waals surface area contributed by atoms with Gasteiger partial charge in [-0.2, -0.15) is 0 Å². The number of nitrogens with one attached hydrogen (secondary N) is 1. The van der Waals surface area contributed by atoms with Crippen LogP contribution >= 0.6 is 0 Å². The van der Waals surface area contributed by atoms with Crippen LogP contribution in [-0.4, -0.2) is 40.6 Å². The molecule has 0 aliphatic carbocycles. The Balaban J connectivity index is 1.31. The van der Waals surface area contributed by atoms with Gasteiger partial charge in [0, 0.05) is 17.2 Å². The van der Waals surface area contributed by atoms with Crippen LogP contribution in [0.25, 0.3) is 11.5 Å². The molecule has 7 heteroatoms. The lowest BCUT2D eigenvalue weighted by atomic mass is 9.97. The first-order valence-corrected chi connectivity index (χ1v) is 10.6. The lowest BCUT2D eigenvalue weighted by Gasteiger charge is -2.29. The predicted octanol–water partition coefficient (Wildman–Crippen LogP) is 4.62. The Labute approximate surface area is 181 Å². The molecular weight excluding hydrogens is 395 g/mol. The van der Waals surface area contributed by atoms with Gasteiger partial charge in [0.2, 0.25) is 17.7 Å². The Hall–Kier alpha value is -3.06. The summed E-state index contributed by atoms with van der Waals surface area (Å²) in [5.41, 5.74) is 4.97. The van der Waals surface area contributed by atoms with Gasteiger partial charge in [-0.1, -0.05) is 17.7 Å². The third-order valence-corrected chi connectivity index (χ3v) is 5.78. The van der Waals surface area contributed by atoms with E-state index in [2.05, 4.69) is 39.5 Å². The van der Waals surface area contributed by atoms with Gasteiger partial charge in [-0.25, -0.2) is 4.39 Å². The summed E-state index contributed by atoms with van der Waals surface area (Å²) in [6.45, 7) is 8.04. The lowest BCUT2D eigenvalue weighted by molar-refractivity contribution is -0.117. The van der Waals surface area contributed by atoms with E-state index in [1.54, 1.807) is 12.1 Å². The van der Waals surface area contributed by atoms with Crippen LogP contribution in [0.15, 0.2) is 40.8 Å². The largest absolute Gasteiger partial charge is 0.420 e. The number of halogens is 1. The Morgan fingerprint density at radius 2 is 1.74 bits per heavy atom. The van der Waals surface area contributed by atoms with Crippen molar-refractivity contribution in [1.29, 1.82) is 0 Å². The predicted molar refractivity (Wildman–Crippen MR) is 117 cm³/mol. The van der Waals surface area contributed by atoms with Gasteiger partial charge in [0.25, 0.3) is 0 Å². The van der Waals surface area contributed by atoms with Crippen molar-refractivity contribution < 1.29 is 13.6 Å². The number of aryl methyl sites for hydroxylation is 3. The average Bonchev–Trinajstić information content (AvgIpc) is 3.22. The van der Waals surface area contributed by atoms with Crippen molar-refractivity contribution in [1.82, 2.24) is 15.1 Å². The molecule has 1 aliphatic heterocycles. The molecule has 0 unspecified atom stereocenters. The summed E-state index contributed by atoms with van der Waals surface area (Å²) in [6, 6.07) is 10.2. The van der Waals surface area contributed by atoms with Crippen molar-refractivity contribution in [3.63, 3.8) is 0 Å². The standard InChI is InChI=1S/C24H27FN4O2/c1-15-12-16(2)22(17(3)13-15)26-21(30)14-29-10-8-19(9-11-29)24-28-27-23(31-24)18-4-6-20(25)7-5-18/h4-7,12-13,19H,8-11,14H2,1-3H3,(H,26,30). The van der Waals surface area contributed by atoms with E-state index in [0.29, 0.717) is 23.9 Å². The molecule has 4 rings (SSSR count). The molecule has 1 aliphatic rings. The zero-order valence-corrected chi connectivity index (χ0v) is 18.1. The van der Waals surface area contributed by atoms with E-state index in [0.717, 1.165) is 42.7 Å². The third-order valence-electron chi connectivity index (χ3n) is 5.78. The fourth-order valence-corrected chi connectivity index (χ4v) is 4.21. The number of rotatable bonds is 5. The van der Waals surface area contributed by atoms with Crippen LogP contribution < -0.4 is 5.32 Å². The van der Waals surface area contributed by atoms with Crippen LogP contribution in [0.5, 0.6) is 0 Å².